The Bertz CT molecular complexity index is 2820. The van der Waals surface area contributed by atoms with Crippen LogP contribution >= 0.6 is 0 Å². The first kappa shape index (κ1) is 78.4. The molecule has 91 heavy (non-hydrogen) atoms. The molecule has 0 atom stereocenters. The second-order valence-electron chi connectivity index (χ2n) is 35.9. The molecule has 0 bridgehead atoms. The maximum Gasteiger partial charge on any atom is 0.338 e. The average molecular weight is 1250 g/mol. The Morgan fingerprint density at radius 1 is 0.308 bits per heavy atom. The van der Waals surface area contributed by atoms with Crippen molar-refractivity contribution in [1.29, 1.82) is 0 Å². The molecule has 0 aliphatic heterocycles. The van der Waals surface area contributed by atoms with Crippen LogP contribution in [-0.4, -0.2) is 27.9 Å². The van der Waals surface area contributed by atoms with Crippen molar-refractivity contribution in [3.8, 4) is 17.2 Å². The Labute approximate surface area is 559 Å². The van der Waals surface area contributed by atoms with Gasteiger partial charge in [0.05, 0.1) is 12.2 Å². The standard InChI is InChI=1S/C55H80O2.C31H54O3/c1-32-39(23-36-26-42(50(5,6)7)35(4)43(27-36)51(8,9)10)33(2)41(25-38-30-46(54(17,18)19)49(57)47(31-38)55(20,21)22)34(3)40(32)24-37-28-44(52(11,12)13)48(56)45(29-37)53(14,15)16;1-8-9-10-11-12-13-14-15-16-17-18-19-20-21-22-34-29(33)25-23-26(30(2,3)4)28(32)27(24-25)31(5,6)7/h26-31,56-57H,23-25H2,1-22H3;23-24,32H,8-22H2,1-7H3. The molecule has 5 aromatic carbocycles. The highest BCUT2D eigenvalue weighted by Gasteiger charge is 2.32. The SMILES string of the molecule is CCCCCCCCCCCCCCCCOC(=O)c1cc(C(C)(C)C)c(O)c(C(C)(C)C)c1.Cc1c(C(C)(C)C)cc(Cc2c(C)c(Cc3cc(C(C)(C)C)c(O)c(C(C)(C)C)c3)c(C)c(Cc3cc(C(C)(C)C)c(O)c(C(C)(C)C)c3)c2C)cc1C(C)(C)C. The molecule has 0 aliphatic rings. The van der Waals surface area contributed by atoms with E-state index in [0.717, 1.165) is 65.5 Å². The van der Waals surface area contributed by atoms with Gasteiger partial charge < -0.3 is 20.1 Å². The summed E-state index contributed by atoms with van der Waals surface area (Å²) in [7, 11) is 0. The lowest BCUT2D eigenvalue weighted by atomic mass is 9.74. The Morgan fingerprint density at radius 2 is 0.516 bits per heavy atom. The predicted molar refractivity (Wildman–Crippen MR) is 395 cm³/mol. The molecule has 0 radical (unpaired) electrons. The third-order valence-corrected chi connectivity index (χ3v) is 19.2. The van der Waals surface area contributed by atoms with Crippen molar-refractivity contribution in [2.75, 3.05) is 6.61 Å². The van der Waals surface area contributed by atoms with Crippen LogP contribution in [0.25, 0.3) is 0 Å². The number of aromatic hydroxyl groups is 3. The van der Waals surface area contributed by atoms with Crippen molar-refractivity contribution >= 4 is 5.97 Å². The van der Waals surface area contributed by atoms with Gasteiger partial charge in [0.1, 0.15) is 17.2 Å². The van der Waals surface area contributed by atoms with Crippen LogP contribution in [-0.2, 0) is 67.3 Å². The van der Waals surface area contributed by atoms with E-state index < -0.39 is 0 Å². The van der Waals surface area contributed by atoms with E-state index >= 15 is 0 Å². The first-order valence-corrected chi connectivity index (χ1v) is 35.6. The second-order valence-corrected chi connectivity index (χ2v) is 35.9. The largest absolute Gasteiger partial charge is 0.507 e. The highest BCUT2D eigenvalue weighted by atomic mass is 16.5. The van der Waals surface area contributed by atoms with Crippen LogP contribution in [0.4, 0.5) is 0 Å². The van der Waals surface area contributed by atoms with Crippen LogP contribution in [0.3, 0.4) is 0 Å². The molecule has 0 unspecified atom stereocenters. The zero-order valence-electron chi connectivity index (χ0n) is 64.0. The van der Waals surface area contributed by atoms with Crippen LogP contribution < -0.4 is 0 Å². The number of ether oxygens (including phenoxy) is 1. The highest BCUT2D eigenvalue weighted by Crippen LogP contribution is 2.45. The number of phenolic OH excluding ortho intramolecular Hbond substituents is 3. The molecule has 0 heterocycles. The van der Waals surface area contributed by atoms with Crippen molar-refractivity contribution in [3.63, 3.8) is 0 Å². The monoisotopic (exact) mass is 1250 g/mol. The lowest BCUT2D eigenvalue weighted by Gasteiger charge is -2.31. The number of esters is 1. The molecular weight excluding hydrogens is 1110 g/mol. The molecule has 5 rings (SSSR count). The zero-order chi connectivity index (χ0) is 69.4. The zero-order valence-corrected chi connectivity index (χ0v) is 64.0. The number of benzene rings is 5. The van der Waals surface area contributed by atoms with Crippen LogP contribution in [0.1, 0.15) is 373 Å². The predicted octanol–water partition coefficient (Wildman–Crippen LogP) is 24.5. The minimum absolute atomic E-state index is 0.0244. The van der Waals surface area contributed by atoms with Gasteiger partial charge in [-0.25, -0.2) is 4.79 Å². The number of carbonyl (C=O) groups excluding carboxylic acids is 1. The van der Waals surface area contributed by atoms with Crippen LogP contribution in [0.5, 0.6) is 17.2 Å². The normalized spacial score (nSPS) is 13.0. The lowest BCUT2D eigenvalue weighted by Crippen LogP contribution is -2.20. The number of hydrogen-bond acceptors (Lipinski definition) is 5. The van der Waals surface area contributed by atoms with Crippen molar-refractivity contribution < 1.29 is 24.9 Å². The van der Waals surface area contributed by atoms with Crippen LogP contribution in [0.15, 0.2) is 48.5 Å². The number of carbonyl (C=O) groups is 1. The van der Waals surface area contributed by atoms with Crippen LogP contribution in [0.2, 0.25) is 0 Å². The summed E-state index contributed by atoms with van der Waals surface area (Å²) in [5.74, 6) is 0.866. The molecule has 0 aromatic heterocycles. The van der Waals surface area contributed by atoms with E-state index in [1.165, 1.54) is 144 Å². The Balaban J connectivity index is 0.000000444. The van der Waals surface area contributed by atoms with E-state index in [-0.39, 0.29) is 49.3 Å². The maximum atomic E-state index is 12.7. The molecule has 5 nitrogen and oxygen atoms in total. The fourth-order valence-corrected chi connectivity index (χ4v) is 13.6. The topological polar surface area (TPSA) is 87.0 Å². The minimum Gasteiger partial charge on any atom is -0.507 e. The lowest BCUT2D eigenvalue weighted by molar-refractivity contribution is 0.0497. The molecule has 0 fully saturated rings. The van der Waals surface area contributed by atoms with Crippen molar-refractivity contribution in [1.82, 2.24) is 0 Å². The Kier molecular flexibility index (Phi) is 26.7. The summed E-state index contributed by atoms with van der Waals surface area (Å²) in [4.78, 5) is 12.7. The van der Waals surface area contributed by atoms with E-state index in [2.05, 4.69) is 237 Å². The van der Waals surface area contributed by atoms with Crippen LogP contribution in [0, 0.1) is 27.7 Å². The number of phenols is 3. The van der Waals surface area contributed by atoms with E-state index in [9.17, 15) is 20.1 Å². The van der Waals surface area contributed by atoms with Gasteiger partial charge in [-0.1, -0.05) is 293 Å². The summed E-state index contributed by atoms with van der Waals surface area (Å²) < 4.78 is 5.59. The fraction of sp³-hybridized carbons (Fsp3) is 0.640. The Morgan fingerprint density at radius 3 is 0.747 bits per heavy atom. The molecular formula is C86H134O5. The molecule has 5 heteroatoms. The van der Waals surface area contributed by atoms with Gasteiger partial charge in [-0.2, -0.15) is 0 Å². The van der Waals surface area contributed by atoms with Gasteiger partial charge in [0, 0.05) is 11.1 Å². The van der Waals surface area contributed by atoms with Gasteiger partial charge in [0.25, 0.3) is 0 Å². The molecule has 0 saturated heterocycles. The smallest absolute Gasteiger partial charge is 0.338 e. The van der Waals surface area contributed by atoms with Gasteiger partial charge in [-0.15, -0.1) is 0 Å². The minimum atomic E-state index is -0.286. The van der Waals surface area contributed by atoms with Crippen molar-refractivity contribution in [3.05, 3.63) is 154 Å². The first-order valence-electron chi connectivity index (χ1n) is 35.6. The van der Waals surface area contributed by atoms with E-state index in [4.69, 9.17) is 4.74 Å². The summed E-state index contributed by atoms with van der Waals surface area (Å²) in [5.41, 5.74) is 21.2. The molecule has 0 saturated carbocycles. The Hall–Kier alpha value is -5.03. The molecule has 3 N–H and O–H groups in total. The van der Waals surface area contributed by atoms with Gasteiger partial charge in [0.15, 0.2) is 0 Å². The van der Waals surface area contributed by atoms with E-state index in [0.29, 0.717) is 29.4 Å². The molecule has 0 spiro atoms. The maximum absolute atomic E-state index is 12.7. The molecule has 5 aromatic rings. The summed E-state index contributed by atoms with van der Waals surface area (Å²) in [5, 5.41) is 34.1. The highest BCUT2D eigenvalue weighted by molar-refractivity contribution is 5.90. The molecule has 0 aliphatic carbocycles. The third kappa shape index (κ3) is 21.8. The van der Waals surface area contributed by atoms with E-state index in [1.807, 2.05) is 0 Å². The summed E-state index contributed by atoms with van der Waals surface area (Å²) in [6.07, 6.45) is 20.8. The fourth-order valence-electron chi connectivity index (χ4n) is 13.6. The van der Waals surface area contributed by atoms with Gasteiger partial charge >= 0.3 is 5.97 Å². The third-order valence-electron chi connectivity index (χ3n) is 19.2. The van der Waals surface area contributed by atoms with Gasteiger partial charge in [-0.3, -0.25) is 0 Å². The second kappa shape index (κ2) is 31.0. The summed E-state index contributed by atoms with van der Waals surface area (Å²) in [6, 6.07) is 17.6. The number of unbranched alkanes of at least 4 members (excludes halogenated alkanes) is 13. The van der Waals surface area contributed by atoms with E-state index in [1.54, 1.807) is 12.1 Å². The average Bonchev–Trinajstić information content (AvgIpc) is 0.786. The number of rotatable bonds is 22. The quantitative estimate of drug-likeness (QED) is 0.0475. The van der Waals surface area contributed by atoms with Crippen molar-refractivity contribution in [2.45, 2.75) is 353 Å². The number of hydrogen-bond donors (Lipinski definition) is 3. The van der Waals surface area contributed by atoms with Gasteiger partial charge in [-0.05, 0) is 198 Å². The molecule has 508 valence electrons. The van der Waals surface area contributed by atoms with Crippen molar-refractivity contribution in [2.24, 2.45) is 0 Å². The summed E-state index contributed by atoms with van der Waals surface area (Å²) in [6.45, 7) is 64.9. The summed E-state index contributed by atoms with van der Waals surface area (Å²) >= 11 is 0. The first-order chi connectivity index (χ1) is 41.5. The van der Waals surface area contributed by atoms with Gasteiger partial charge in [0.2, 0.25) is 0 Å². The molecule has 0 amide bonds.